The first-order valence-corrected chi connectivity index (χ1v) is 11.2. The second-order valence-corrected chi connectivity index (χ2v) is 8.84. The number of esters is 2. The van der Waals surface area contributed by atoms with Gasteiger partial charge in [-0.05, 0) is 25.5 Å². The van der Waals surface area contributed by atoms with Crippen LogP contribution in [-0.4, -0.2) is 34.9 Å². The van der Waals surface area contributed by atoms with E-state index in [1.165, 1.54) is 0 Å². The summed E-state index contributed by atoms with van der Waals surface area (Å²) in [4.78, 5) is 29.9. The fourth-order valence-electron chi connectivity index (χ4n) is 3.00. The number of pyridine rings is 1. The summed E-state index contributed by atoms with van der Waals surface area (Å²) in [5.41, 5.74) is 0.207. The molecule has 0 fully saturated rings. The highest BCUT2D eigenvalue weighted by molar-refractivity contribution is 8.01. The van der Waals surface area contributed by atoms with Crippen molar-refractivity contribution in [3.8, 4) is 5.75 Å². The first-order chi connectivity index (χ1) is 15.8. The SMILES string of the molecule is CCOC(=O)c1c(SC(Cl)CF)nc2cc(F)c(F)cc2c1OC(=O)C(C)c1ccccc1. The summed E-state index contributed by atoms with van der Waals surface area (Å²) in [6.07, 6.45) is 0. The van der Waals surface area contributed by atoms with Gasteiger partial charge >= 0.3 is 11.9 Å². The van der Waals surface area contributed by atoms with E-state index in [9.17, 15) is 22.8 Å². The third-order valence-electron chi connectivity index (χ3n) is 4.64. The van der Waals surface area contributed by atoms with Gasteiger partial charge in [-0.2, -0.15) is 0 Å². The minimum atomic E-state index is -1.23. The molecule has 10 heteroatoms. The molecule has 174 valence electrons. The van der Waals surface area contributed by atoms with Crippen molar-refractivity contribution in [2.75, 3.05) is 13.3 Å². The number of thioether (sulfide) groups is 1. The second kappa shape index (κ2) is 10.9. The van der Waals surface area contributed by atoms with Gasteiger partial charge in [0.05, 0.1) is 18.0 Å². The molecule has 1 heterocycles. The zero-order valence-electron chi connectivity index (χ0n) is 17.6. The van der Waals surface area contributed by atoms with Gasteiger partial charge in [0.15, 0.2) is 17.4 Å². The van der Waals surface area contributed by atoms with Crippen molar-refractivity contribution >= 4 is 46.2 Å². The van der Waals surface area contributed by atoms with E-state index in [0.29, 0.717) is 17.3 Å². The van der Waals surface area contributed by atoms with Gasteiger partial charge < -0.3 is 9.47 Å². The molecular formula is C23H19ClF3NO4S. The maximum absolute atomic E-state index is 14.1. The Hall–Kier alpha value is -2.78. The number of fused-ring (bicyclic) bond motifs is 1. The lowest BCUT2D eigenvalue weighted by molar-refractivity contribution is -0.135. The van der Waals surface area contributed by atoms with Crippen LogP contribution in [0.4, 0.5) is 13.2 Å². The van der Waals surface area contributed by atoms with E-state index in [0.717, 1.165) is 12.1 Å². The van der Waals surface area contributed by atoms with Crippen molar-refractivity contribution in [2.45, 2.75) is 29.5 Å². The molecule has 2 unspecified atom stereocenters. The summed E-state index contributed by atoms with van der Waals surface area (Å²) >= 11 is 6.57. The number of alkyl halides is 2. The molecule has 0 N–H and O–H groups in total. The number of aromatic nitrogens is 1. The molecule has 3 aromatic rings. The predicted molar refractivity (Wildman–Crippen MR) is 120 cm³/mol. The Morgan fingerprint density at radius 3 is 2.45 bits per heavy atom. The Kier molecular flexibility index (Phi) is 8.20. The van der Waals surface area contributed by atoms with Crippen LogP contribution in [0.25, 0.3) is 10.9 Å². The molecule has 0 aliphatic carbocycles. The van der Waals surface area contributed by atoms with E-state index in [1.807, 2.05) is 0 Å². The number of benzene rings is 2. The number of carbonyl (C=O) groups is 2. The average Bonchev–Trinajstić information content (AvgIpc) is 2.80. The quantitative estimate of drug-likeness (QED) is 0.215. The van der Waals surface area contributed by atoms with Crippen LogP contribution in [0.3, 0.4) is 0 Å². The smallest absolute Gasteiger partial charge is 0.344 e. The van der Waals surface area contributed by atoms with Gasteiger partial charge in [0, 0.05) is 11.5 Å². The van der Waals surface area contributed by atoms with Crippen molar-refractivity contribution < 1.29 is 32.2 Å². The Morgan fingerprint density at radius 2 is 1.82 bits per heavy atom. The molecule has 33 heavy (non-hydrogen) atoms. The minimum Gasteiger partial charge on any atom is -0.462 e. The lowest BCUT2D eigenvalue weighted by atomic mass is 10.0. The Labute approximate surface area is 197 Å². The highest BCUT2D eigenvalue weighted by Gasteiger charge is 2.29. The lowest BCUT2D eigenvalue weighted by Gasteiger charge is -2.18. The first-order valence-electron chi connectivity index (χ1n) is 9.90. The zero-order chi connectivity index (χ0) is 24.1. The zero-order valence-corrected chi connectivity index (χ0v) is 19.2. The van der Waals surface area contributed by atoms with Gasteiger partial charge in [-0.25, -0.2) is 22.9 Å². The summed E-state index contributed by atoms with van der Waals surface area (Å²) in [7, 11) is 0. The number of nitrogens with zero attached hydrogens (tertiary/aromatic N) is 1. The van der Waals surface area contributed by atoms with E-state index in [2.05, 4.69) is 4.98 Å². The van der Waals surface area contributed by atoms with Crippen molar-refractivity contribution in [3.05, 3.63) is 65.2 Å². The van der Waals surface area contributed by atoms with Crippen LogP contribution in [0, 0.1) is 11.6 Å². The Balaban J connectivity index is 2.21. The summed E-state index contributed by atoms with van der Waals surface area (Å²) in [6, 6.07) is 10.3. The molecule has 1 aromatic heterocycles. The standard InChI is InChI=1S/C23H19ClF3NO4S/c1-3-31-23(30)19-20(32-22(29)12(2)13-7-5-4-6-8-13)14-9-15(26)16(27)10-17(14)28-21(19)33-18(24)11-25/h4-10,12,18H,3,11H2,1-2H3. The predicted octanol–water partition coefficient (Wildman–Crippen LogP) is 6.03. The van der Waals surface area contributed by atoms with E-state index >= 15 is 0 Å². The molecule has 0 spiro atoms. The van der Waals surface area contributed by atoms with Gasteiger partial charge in [-0.1, -0.05) is 42.1 Å². The molecule has 0 aliphatic rings. The van der Waals surface area contributed by atoms with Gasteiger partial charge in [-0.3, -0.25) is 4.79 Å². The summed E-state index contributed by atoms with van der Waals surface area (Å²) in [6.45, 7) is 2.16. The third-order valence-corrected chi connectivity index (χ3v) is 5.93. The molecule has 5 nitrogen and oxygen atoms in total. The molecule has 0 bridgehead atoms. The van der Waals surface area contributed by atoms with Crippen LogP contribution in [0.5, 0.6) is 5.75 Å². The molecule has 0 amide bonds. The van der Waals surface area contributed by atoms with Crippen LogP contribution < -0.4 is 4.74 Å². The van der Waals surface area contributed by atoms with Crippen LogP contribution >= 0.6 is 23.4 Å². The van der Waals surface area contributed by atoms with E-state index in [-0.39, 0.29) is 33.8 Å². The Morgan fingerprint density at radius 1 is 1.15 bits per heavy atom. The number of carbonyl (C=O) groups excluding carboxylic acids is 2. The molecule has 2 atom stereocenters. The topological polar surface area (TPSA) is 65.5 Å². The maximum Gasteiger partial charge on any atom is 0.344 e. The van der Waals surface area contributed by atoms with E-state index < -0.39 is 40.9 Å². The van der Waals surface area contributed by atoms with Crippen molar-refractivity contribution in [1.82, 2.24) is 4.98 Å². The molecule has 0 saturated heterocycles. The van der Waals surface area contributed by atoms with Crippen LogP contribution in [0.2, 0.25) is 0 Å². The van der Waals surface area contributed by atoms with Crippen LogP contribution in [0.1, 0.15) is 35.7 Å². The van der Waals surface area contributed by atoms with E-state index in [1.54, 1.807) is 44.2 Å². The summed E-state index contributed by atoms with van der Waals surface area (Å²) in [5, 5.41) is -0.263. The molecule has 0 aliphatic heterocycles. The summed E-state index contributed by atoms with van der Waals surface area (Å²) in [5.74, 6) is -5.23. The molecule has 0 radical (unpaired) electrons. The summed E-state index contributed by atoms with van der Waals surface area (Å²) < 4.78 is 50.6. The highest BCUT2D eigenvalue weighted by Crippen LogP contribution is 2.39. The number of ether oxygens (including phenoxy) is 2. The van der Waals surface area contributed by atoms with Gasteiger partial charge in [-0.15, -0.1) is 11.6 Å². The van der Waals surface area contributed by atoms with Crippen LogP contribution in [-0.2, 0) is 9.53 Å². The van der Waals surface area contributed by atoms with Crippen LogP contribution in [0.15, 0.2) is 47.5 Å². The molecule has 2 aromatic carbocycles. The third kappa shape index (κ3) is 5.59. The maximum atomic E-state index is 14.1. The fraction of sp³-hybridized carbons (Fsp3) is 0.261. The highest BCUT2D eigenvalue weighted by atomic mass is 35.5. The first kappa shape index (κ1) is 24.9. The molecular weight excluding hydrogens is 479 g/mol. The largest absolute Gasteiger partial charge is 0.462 e. The van der Waals surface area contributed by atoms with Gasteiger partial charge in [0.1, 0.15) is 22.0 Å². The molecule has 3 rings (SSSR count). The average molecular weight is 498 g/mol. The van der Waals surface area contributed by atoms with Crippen molar-refractivity contribution in [3.63, 3.8) is 0 Å². The monoisotopic (exact) mass is 497 g/mol. The van der Waals surface area contributed by atoms with Crippen molar-refractivity contribution in [2.24, 2.45) is 0 Å². The number of halogens is 4. The van der Waals surface area contributed by atoms with Gasteiger partial charge in [0.25, 0.3) is 0 Å². The molecule has 0 saturated carbocycles. The minimum absolute atomic E-state index is 0.0278. The van der Waals surface area contributed by atoms with E-state index in [4.69, 9.17) is 21.1 Å². The lowest BCUT2D eigenvalue weighted by Crippen LogP contribution is -2.20. The number of hydrogen-bond donors (Lipinski definition) is 0. The van der Waals surface area contributed by atoms with Crippen molar-refractivity contribution in [1.29, 1.82) is 0 Å². The number of rotatable bonds is 8. The number of hydrogen-bond acceptors (Lipinski definition) is 6. The second-order valence-electron chi connectivity index (χ2n) is 6.86. The normalized spacial score (nSPS) is 12.9. The Bertz CT molecular complexity index is 1180. The fourth-order valence-corrected chi connectivity index (χ4v) is 4.01. The van der Waals surface area contributed by atoms with Gasteiger partial charge in [0.2, 0.25) is 0 Å².